The van der Waals surface area contributed by atoms with E-state index in [1.165, 1.54) is 27.7 Å². The van der Waals surface area contributed by atoms with Gasteiger partial charge in [-0.25, -0.2) is 8.42 Å². The van der Waals surface area contributed by atoms with Crippen LogP contribution in [0.5, 0.6) is 11.8 Å². The number of aromatic nitrogens is 5. The molecule has 0 aromatic carbocycles. The van der Waals surface area contributed by atoms with Crippen molar-refractivity contribution in [3.63, 3.8) is 0 Å². The summed E-state index contributed by atoms with van der Waals surface area (Å²) in [5.74, 6) is 1.08. The van der Waals surface area contributed by atoms with E-state index in [1.54, 1.807) is 11.5 Å². The summed E-state index contributed by atoms with van der Waals surface area (Å²) in [5.41, 5.74) is 0.505. The van der Waals surface area contributed by atoms with Crippen LogP contribution in [-0.2, 0) is 19.5 Å². The van der Waals surface area contributed by atoms with Crippen LogP contribution in [0.2, 0.25) is 0 Å². The number of nitrogens with one attached hydrogen (secondary N) is 1. The molecule has 0 bridgehead atoms. The second kappa shape index (κ2) is 8.20. The summed E-state index contributed by atoms with van der Waals surface area (Å²) in [6, 6.07) is 0. The zero-order chi connectivity index (χ0) is 22.2. The van der Waals surface area contributed by atoms with Crippen molar-refractivity contribution in [3.8, 4) is 17.4 Å². The van der Waals surface area contributed by atoms with Gasteiger partial charge >= 0.3 is 0 Å². The fraction of sp³-hybridized carbons (Fsp3) is 0.667. The SMILES string of the molecule is COCC(C)S(=O)(=O)Nc1nnc(C2CC3(COC3)C2)n1-c1c(OC)ncnc1OC. The van der Waals surface area contributed by atoms with Crippen molar-refractivity contribution in [2.24, 2.45) is 5.41 Å². The Hall–Kier alpha value is -2.51. The molecule has 4 rings (SSSR count). The van der Waals surface area contributed by atoms with E-state index in [9.17, 15) is 8.42 Å². The number of sulfonamides is 1. The van der Waals surface area contributed by atoms with Crippen molar-refractivity contribution in [1.82, 2.24) is 24.7 Å². The van der Waals surface area contributed by atoms with Crippen LogP contribution < -0.4 is 14.2 Å². The van der Waals surface area contributed by atoms with Crippen LogP contribution >= 0.6 is 0 Å². The highest BCUT2D eigenvalue weighted by molar-refractivity contribution is 7.93. The van der Waals surface area contributed by atoms with Gasteiger partial charge in [0.25, 0.3) is 0 Å². The first kappa shape index (κ1) is 21.7. The number of nitrogens with zero attached hydrogens (tertiary/aromatic N) is 5. The van der Waals surface area contributed by atoms with Gasteiger partial charge in [0.05, 0.1) is 34.0 Å². The predicted molar refractivity (Wildman–Crippen MR) is 109 cm³/mol. The second-order valence-corrected chi connectivity index (χ2v) is 10.1. The van der Waals surface area contributed by atoms with Gasteiger partial charge in [0, 0.05) is 18.4 Å². The van der Waals surface area contributed by atoms with E-state index in [0.29, 0.717) is 11.5 Å². The third kappa shape index (κ3) is 3.81. The van der Waals surface area contributed by atoms with Crippen LogP contribution in [0.1, 0.15) is 31.5 Å². The monoisotopic (exact) mass is 454 g/mol. The Kier molecular flexibility index (Phi) is 5.75. The van der Waals surface area contributed by atoms with Crippen molar-refractivity contribution in [1.29, 1.82) is 0 Å². The quantitative estimate of drug-likeness (QED) is 0.577. The van der Waals surface area contributed by atoms with Gasteiger partial charge in [0.2, 0.25) is 27.7 Å². The highest BCUT2D eigenvalue weighted by Crippen LogP contribution is 2.55. The Balaban J connectivity index is 1.79. The topological polar surface area (TPSA) is 140 Å². The molecule has 31 heavy (non-hydrogen) atoms. The molecule has 3 heterocycles. The number of anilines is 1. The molecular formula is C18H26N6O6S. The molecule has 1 aliphatic heterocycles. The lowest BCUT2D eigenvalue weighted by atomic mass is 9.60. The van der Waals surface area contributed by atoms with E-state index in [0.717, 1.165) is 26.1 Å². The molecule has 2 aromatic heterocycles. The number of ether oxygens (including phenoxy) is 4. The fourth-order valence-corrected chi connectivity index (χ4v) is 4.93. The van der Waals surface area contributed by atoms with Crippen molar-refractivity contribution < 1.29 is 27.4 Å². The first-order valence-corrected chi connectivity index (χ1v) is 11.4. The van der Waals surface area contributed by atoms with Crippen LogP contribution in [0.4, 0.5) is 5.95 Å². The van der Waals surface area contributed by atoms with E-state index < -0.39 is 15.3 Å². The van der Waals surface area contributed by atoms with Gasteiger partial charge in [-0.2, -0.15) is 9.97 Å². The Bertz CT molecular complexity index is 1020. The normalized spacial score (nSPS) is 18.8. The molecule has 1 saturated heterocycles. The summed E-state index contributed by atoms with van der Waals surface area (Å²) >= 11 is 0. The maximum atomic E-state index is 12.8. The van der Waals surface area contributed by atoms with Crippen LogP contribution in [0.25, 0.3) is 5.69 Å². The molecule has 1 saturated carbocycles. The molecule has 12 nitrogen and oxygen atoms in total. The van der Waals surface area contributed by atoms with Crippen LogP contribution in [0.3, 0.4) is 0 Å². The molecule has 2 fully saturated rings. The highest BCUT2D eigenvalue weighted by Gasteiger charge is 2.52. The Morgan fingerprint density at radius 3 is 2.35 bits per heavy atom. The smallest absolute Gasteiger partial charge is 0.245 e. The number of hydrogen-bond donors (Lipinski definition) is 1. The molecule has 2 aromatic rings. The number of hydrogen-bond acceptors (Lipinski definition) is 10. The summed E-state index contributed by atoms with van der Waals surface area (Å²) in [7, 11) is 0.566. The van der Waals surface area contributed by atoms with Gasteiger partial charge in [-0.1, -0.05) is 0 Å². The van der Waals surface area contributed by atoms with Crippen LogP contribution in [0.15, 0.2) is 6.33 Å². The first-order chi connectivity index (χ1) is 14.8. The fourth-order valence-electron chi connectivity index (χ4n) is 4.03. The highest BCUT2D eigenvalue weighted by atomic mass is 32.2. The summed E-state index contributed by atoms with van der Waals surface area (Å²) < 4.78 is 50.9. The minimum Gasteiger partial charge on any atom is -0.479 e. The molecule has 170 valence electrons. The average molecular weight is 455 g/mol. The Labute approximate surface area is 180 Å². The predicted octanol–water partition coefficient (Wildman–Crippen LogP) is 0.745. The molecule has 1 atom stereocenters. The molecule has 0 radical (unpaired) electrons. The minimum atomic E-state index is -3.80. The van der Waals surface area contributed by atoms with Gasteiger partial charge in [0.1, 0.15) is 17.4 Å². The third-order valence-electron chi connectivity index (χ3n) is 5.76. The lowest BCUT2D eigenvalue weighted by molar-refractivity contribution is -0.165. The Morgan fingerprint density at radius 1 is 1.19 bits per heavy atom. The van der Waals surface area contributed by atoms with E-state index in [4.69, 9.17) is 18.9 Å². The second-order valence-electron chi connectivity index (χ2n) is 7.97. The molecular weight excluding hydrogens is 428 g/mol. The lowest BCUT2D eigenvalue weighted by Gasteiger charge is -2.52. The standard InChI is InChI=1S/C18H26N6O6S/c1-11(7-27-2)31(25,26)23-17-22-21-14(12-5-18(6-12)8-30-9-18)24(17)13-15(28-3)19-10-20-16(13)29-4/h10-12H,5-9H2,1-4H3,(H,22,23). The van der Waals surface area contributed by atoms with Gasteiger partial charge in [-0.3, -0.25) is 9.29 Å². The van der Waals surface area contributed by atoms with E-state index in [-0.39, 0.29) is 35.6 Å². The van der Waals surface area contributed by atoms with Gasteiger partial charge in [-0.15, -0.1) is 10.2 Å². The van der Waals surface area contributed by atoms with E-state index in [2.05, 4.69) is 24.9 Å². The van der Waals surface area contributed by atoms with Crippen molar-refractivity contribution in [2.75, 3.05) is 45.9 Å². The van der Waals surface area contributed by atoms with Crippen LogP contribution in [-0.4, -0.2) is 79.6 Å². The molecule has 1 spiro atoms. The van der Waals surface area contributed by atoms with Crippen LogP contribution in [0, 0.1) is 5.41 Å². The minimum absolute atomic E-state index is 0.00941. The third-order valence-corrected chi connectivity index (χ3v) is 7.42. The first-order valence-electron chi connectivity index (χ1n) is 9.81. The molecule has 1 N–H and O–H groups in total. The summed E-state index contributed by atoms with van der Waals surface area (Å²) in [6.07, 6.45) is 3.05. The largest absolute Gasteiger partial charge is 0.479 e. The molecule has 13 heteroatoms. The lowest BCUT2D eigenvalue weighted by Crippen LogP contribution is -2.51. The number of rotatable bonds is 9. The molecule has 1 aliphatic carbocycles. The summed E-state index contributed by atoms with van der Waals surface area (Å²) in [4.78, 5) is 8.31. The maximum absolute atomic E-state index is 12.8. The van der Waals surface area contributed by atoms with Gasteiger partial charge < -0.3 is 18.9 Å². The Morgan fingerprint density at radius 2 is 1.84 bits per heavy atom. The molecule has 1 unspecified atom stereocenters. The maximum Gasteiger partial charge on any atom is 0.245 e. The number of methoxy groups -OCH3 is 3. The van der Waals surface area contributed by atoms with E-state index >= 15 is 0 Å². The zero-order valence-electron chi connectivity index (χ0n) is 17.9. The summed E-state index contributed by atoms with van der Waals surface area (Å²) in [5, 5.41) is 7.67. The average Bonchev–Trinajstić information content (AvgIpc) is 3.07. The molecule has 2 aliphatic rings. The van der Waals surface area contributed by atoms with Crippen molar-refractivity contribution in [2.45, 2.75) is 30.9 Å². The van der Waals surface area contributed by atoms with Gasteiger partial charge in [0.15, 0.2) is 5.69 Å². The van der Waals surface area contributed by atoms with Crippen molar-refractivity contribution >= 4 is 16.0 Å². The molecule has 0 amide bonds. The zero-order valence-corrected chi connectivity index (χ0v) is 18.7. The van der Waals surface area contributed by atoms with E-state index in [1.807, 2.05) is 0 Å². The van der Waals surface area contributed by atoms with Crippen molar-refractivity contribution in [3.05, 3.63) is 12.2 Å². The summed E-state index contributed by atoms with van der Waals surface area (Å²) in [6.45, 7) is 3.04. The van der Waals surface area contributed by atoms with Gasteiger partial charge in [-0.05, 0) is 19.8 Å².